The van der Waals surface area contributed by atoms with E-state index >= 15 is 0 Å². The Morgan fingerprint density at radius 3 is 2.68 bits per heavy atom. The molecule has 0 spiro atoms. The molecule has 0 aliphatic carbocycles. The van der Waals surface area contributed by atoms with Gasteiger partial charge in [-0.1, -0.05) is 26.0 Å². The molecular formula is C19H28F2N6O. The standard InChI is InChI=1S/C19H28F2N6O/c1-4-10-22-19(23-11-12-27-14-24-25-17(27)5-2)26(3)13-15-6-8-16(9-7-15)28-18(20)21/h6-9,14,18H,4-5,10-13H2,1-3H3,(H,22,23). The van der Waals surface area contributed by atoms with Crippen molar-refractivity contribution < 1.29 is 13.5 Å². The number of guanidine groups is 1. The Labute approximate surface area is 164 Å². The van der Waals surface area contributed by atoms with Gasteiger partial charge in [-0.2, -0.15) is 8.78 Å². The van der Waals surface area contributed by atoms with Gasteiger partial charge >= 0.3 is 6.61 Å². The molecule has 0 aliphatic heterocycles. The fraction of sp³-hybridized carbons (Fsp3) is 0.526. The first-order valence-corrected chi connectivity index (χ1v) is 9.43. The number of hydrogen-bond donors (Lipinski definition) is 1. The Bertz CT molecular complexity index is 732. The summed E-state index contributed by atoms with van der Waals surface area (Å²) in [6.45, 7) is 4.07. The number of nitrogens with zero attached hydrogens (tertiary/aromatic N) is 5. The quantitative estimate of drug-likeness (QED) is 0.496. The van der Waals surface area contributed by atoms with Crippen molar-refractivity contribution >= 4 is 5.96 Å². The maximum absolute atomic E-state index is 12.3. The molecule has 1 aromatic carbocycles. The summed E-state index contributed by atoms with van der Waals surface area (Å²) in [5.41, 5.74) is 0.974. The normalized spacial score (nSPS) is 11.7. The van der Waals surface area contributed by atoms with Gasteiger partial charge in [0.2, 0.25) is 0 Å². The molecule has 0 atom stereocenters. The Hall–Kier alpha value is -2.71. The first-order valence-electron chi connectivity index (χ1n) is 9.43. The zero-order valence-electron chi connectivity index (χ0n) is 16.6. The van der Waals surface area contributed by atoms with Crippen molar-refractivity contribution in [1.29, 1.82) is 0 Å². The van der Waals surface area contributed by atoms with Crippen LogP contribution in [0.5, 0.6) is 5.75 Å². The van der Waals surface area contributed by atoms with Crippen molar-refractivity contribution in [3.63, 3.8) is 0 Å². The first kappa shape index (κ1) is 21.6. The third-order valence-electron chi connectivity index (χ3n) is 4.06. The van der Waals surface area contributed by atoms with Crippen molar-refractivity contribution in [2.24, 2.45) is 4.99 Å². The largest absolute Gasteiger partial charge is 0.435 e. The van der Waals surface area contributed by atoms with E-state index in [1.54, 1.807) is 30.6 Å². The summed E-state index contributed by atoms with van der Waals surface area (Å²) >= 11 is 0. The van der Waals surface area contributed by atoms with E-state index in [1.165, 1.54) is 0 Å². The van der Waals surface area contributed by atoms with Gasteiger partial charge in [0, 0.05) is 39.6 Å². The van der Waals surface area contributed by atoms with Gasteiger partial charge in [0.25, 0.3) is 0 Å². The van der Waals surface area contributed by atoms with Crippen LogP contribution in [0, 0.1) is 0 Å². The average molecular weight is 394 g/mol. The van der Waals surface area contributed by atoms with Crippen LogP contribution in [0.15, 0.2) is 35.6 Å². The van der Waals surface area contributed by atoms with Crippen LogP contribution >= 0.6 is 0 Å². The van der Waals surface area contributed by atoms with E-state index in [0.717, 1.165) is 43.3 Å². The maximum atomic E-state index is 12.3. The van der Waals surface area contributed by atoms with E-state index < -0.39 is 6.61 Å². The molecule has 0 fully saturated rings. The van der Waals surface area contributed by atoms with Gasteiger partial charge in [-0.05, 0) is 24.1 Å². The summed E-state index contributed by atoms with van der Waals surface area (Å²) in [5.74, 6) is 1.90. The fourth-order valence-corrected chi connectivity index (χ4v) is 2.68. The lowest BCUT2D eigenvalue weighted by Gasteiger charge is -2.23. The Morgan fingerprint density at radius 1 is 1.29 bits per heavy atom. The zero-order valence-corrected chi connectivity index (χ0v) is 16.6. The first-order chi connectivity index (χ1) is 13.5. The van der Waals surface area contributed by atoms with Crippen LogP contribution in [0.1, 0.15) is 31.7 Å². The number of hydrogen-bond acceptors (Lipinski definition) is 4. The predicted octanol–water partition coefficient (Wildman–Crippen LogP) is 2.93. The molecule has 0 aliphatic rings. The van der Waals surface area contributed by atoms with Crippen LogP contribution in [0.4, 0.5) is 8.78 Å². The van der Waals surface area contributed by atoms with Crippen LogP contribution in [-0.4, -0.2) is 52.4 Å². The summed E-state index contributed by atoms with van der Waals surface area (Å²) in [5, 5.41) is 11.4. The molecule has 2 rings (SSSR count). The minimum Gasteiger partial charge on any atom is -0.435 e. The van der Waals surface area contributed by atoms with E-state index in [1.807, 2.05) is 23.4 Å². The molecule has 1 heterocycles. The molecular weight excluding hydrogens is 366 g/mol. The molecule has 0 amide bonds. The molecule has 0 saturated carbocycles. The molecule has 2 aromatic rings. The number of aryl methyl sites for hydroxylation is 1. The summed E-state index contributed by atoms with van der Waals surface area (Å²) in [6, 6.07) is 6.64. The zero-order chi connectivity index (χ0) is 20.4. The molecule has 7 nitrogen and oxygen atoms in total. The van der Waals surface area contributed by atoms with Gasteiger partial charge in [-0.15, -0.1) is 10.2 Å². The summed E-state index contributed by atoms with van der Waals surface area (Å²) in [4.78, 5) is 6.63. The van der Waals surface area contributed by atoms with E-state index in [0.29, 0.717) is 13.1 Å². The van der Waals surface area contributed by atoms with Crippen LogP contribution in [0.25, 0.3) is 0 Å². The van der Waals surface area contributed by atoms with Gasteiger partial charge in [0.15, 0.2) is 5.96 Å². The molecule has 9 heteroatoms. The van der Waals surface area contributed by atoms with Crippen LogP contribution in [0.2, 0.25) is 0 Å². The van der Waals surface area contributed by atoms with Gasteiger partial charge in [0.1, 0.15) is 17.9 Å². The highest BCUT2D eigenvalue weighted by atomic mass is 19.3. The van der Waals surface area contributed by atoms with Crippen molar-refractivity contribution in [2.75, 3.05) is 20.1 Å². The monoisotopic (exact) mass is 394 g/mol. The van der Waals surface area contributed by atoms with E-state index in [4.69, 9.17) is 0 Å². The second kappa shape index (κ2) is 11.2. The van der Waals surface area contributed by atoms with Gasteiger partial charge in [-0.25, -0.2) is 0 Å². The lowest BCUT2D eigenvalue weighted by atomic mass is 10.2. The number of aliphatic imine (C=N–C) groups is 1. The minimum atomic E-state index is -2.82. The molecule has 1 aromatic heterocycles. The Morgan fingerprint density at radius 2 is 2.04 bits per heavy atom. The van der Waals surface area contributed by atoms with Crippen LogP contribution in [-0.2, 0) is 19.5 Å². The average Bonchev–Trinajstić information content (AvgIpc) is 3.13. The third-order valence-corrected chi connectivity index (χ3v) is 4.06. The van der Waals surface area contributed by atoms with Gasteiger partial charge in [-0.3, -0.25) is 4.99 Å². The highest BCUT2D eigenvalue weighted by Gasteiger charge is 2.09. The highest BCUT2D eigenvalue weighted by Crippen LogP contribution is 2.15. The van der Waals surface area contributed by atoms with E-state index in [2.05, 4.69) is 32.2 Å². The minimum absolute atomic E-state index is 0.153. The van der Waals surface area contributed by atoms with Crippen molar-refractivity contribution in [1.82, 2.24) is 25.0 Å². The molecule has 0 bridgehead atoms. The number of ether oxygens (including phenoxy) is 1. The second-order valence-electron chi connectivity index (χ2n) is 6.30. The molecule has 1 N–H and O–H groups in total. The molecule has 0 saturated heterocycles. The van der Waals surface area contributed by atoms with Crippen molar-refractivity contribution in [3.8, 4) is 5.75 Å². The molecule has 0 radical (unpaired) electrons. The summed E-state index contributed by atoms with van der Waals surface area (Å²) < 4.78 is 30.9. The molecule has 28 heavy (non-hydrogen) atoms. The molecule has 0 unspecified atom stereocenters. The van der Waals surface area contributed by atoms with Crippen molar-refractivity contribution in [2.45, 2.75) is 46.4 Å². The van der Waals surface area contributed by atoms with Crippen molar-refractivity contribution in [3.05, 3.63) is 42.0 Å². The predicted molar refractivity (Wildman–Crippen MR) is 105 cm³/mol. The van der Waals surface area contributed by atoms with E-state index in [9.17, 15) is 8.78 Å². The van der Waals surface area contributed by atoms with E-state index in [-0.39, 0.29) is 5.75 Å². The van der Waals surface area contributed by atoms with Gasteiger partial charge in [0.05, 0.1) is 0 Å². The fourth-order valence-electron chi connectivity index (χ4n) is 2.68. The van der Waals surface area contributed by atoms with Gasteiger partial charge < -0.3 is 19.5 Å². The number of alkyl halides is 2. The number of aromatic nitrogens is 3. The highest BCUT2D eigenvalue weighted by molar-refractivity contribution is 5.79. The number of rotatable bonds is 10. The molecule has 154 valence electrons. The van der Waals surface area contributed by atoms with Crippen LogP contribution in [0.3, 0.4) is 0 Å². The number of halogens is 2. The number of benzene rings is 1. The number of nitrogens with one attached hydrogen (secondary N) is 1. The second-order valence-corrected chi connectivity index (χ2v) is 6.30. The Kier molecular flexibility index (Phi) is 8.64. The summed E-state index contributed by atoms with van der Waals surface area (Å²) in [6.07, 6.45) is 3.52. The summed E-state index contributed by atoms with van der Waals surface area (Å²) in [7, 11) is 1.95. The van der Waals surface area contributed by atoms with Crippen LogP contribution < -0.4 is 10.1 Å². The lowest BCUT2D eigenvalue weighted by molar-refractivity contribution is -0.0498. The third kappa shape index (κ3) is 6.79. The SMILES string of the molecule is CCCN=C(NCCn1cnnc1CC)N(C)Cc1ccc(OC(F)F)cc1. The smallest absolute Gasteiger partial charge is 0.387 e. The lowest BCUT2D eigenvalue weighted by Crippen LogP contribution is -2.40. The topological polar surface area (TPSA) is 67.6 Å². The maximum Gasteiger partial charge on any atom is 0.387 e. The Balaban J connectivity index is 1.93.